The maximum Gasteiger partial charge on any atom is 0.151 e. The summed E-state index contributed by atoms with van der Waals surface area (Å²) in [4.78, 5) is 9.53. The molecule has 0 aliphatic heterocycles. The Hall–Kier alpha value is -1.67. The second-order valence-electron chi connectivity index (χ2n) is 7.03. The van der Waals surface area contributed by atoms with E-state index in [9.17, 15) is 4.21 Å². The topological polar surface area (TPSA) is 83.0 Å². The third-order valence-corrected chi connectivity index (χ3v) is 7.01. The Labute approximate surface area is 189 Å². The Bertz CT molecular complexity index is 1060. The number of fused-ring (bicyclic) bond motifs is 1. The highest BCUT2D eigenvalue weighted by Crippen LogP contribution is 2.26. The molecule has 6 nitrogen and oxygen atoms in total. The lowest BCUT2D eigenvalue weighted by Crippen LogP contribution is -2.07. The van der Waals surface area contributed by atoms with E-state index in [1.54, 1.807) is 24.4 Å². The van der Waals surface area contributed by atoms with Gasteiger partial charge in [-0.25, -0.2) is 9.97 Å². The van der Waals surface area contributed by atoms with E-state index >= 15 is 0 Å². The number of pyridine rings is 1. The fraction of sp³-hybridized carbons (Fsp3) is 0.429. The first-order valence-electron chi connectivity index (χ1n) is 9.93. The number of hydrogen-bond acceptors (Lipinski definition) is 5. The number of imidazole rings is 1. The maximum atomic E-state index is 12.5. The van der Waals surface area contributed by atoms with Crippen LogP contribution in [0.5, 0.6) is 0 Å². The summed E-state index contributed by atoms with van der Waals surface area (Å²) < 4.78 is 20.3. The van der Waals surface area contributed by atoms with Gasteiger partial charge in [-0.15, -0.1) is 0 Å². The molecule has 0 bridgehead atoms. The molecule has 1 aromatic carbocycles. The van der Waals surface area contributed by atoms with Gasteiger partial charge in [0.15, 0.2) is 5.82 Å². The molecule has 0 amide bonds. The maximum absolute atomic E-state index is 12.5. The van der Waals surface area contributed by atoms with Crippen LogP contribution >= 0.6 is 23.2 Å². The van der Waals surface area contributed by atoms with Gasteiger partial charge in [0, 0.05) is 30.1 Å². The number of nitrogens with two attached hydrogens (primary N) is 1. The van der Waals surface area contributed by atoms with Crippen molar-refractivity contribution in [3.05, 3.63) is 45.8 Å². The molecule has 162 valence electrons. The average Bonchev–Trinajstić information content (AvgIpc) is 3.08. The predicted octanol–water partition coefficient (Wildman–Crippen LogP) is 5.14. The van der Waals surface area contributed by atoms with Crippen LogP contribution in [0, 0.1) is 6.92 Å². The standard InChI is InChI=1S/C21H26Cl2N4O2S/c1-3-29-13-18-26-19-20(14(2)12-25-21(19)24)27(18)9-5-4-6-10-30(28)17-8-7-15(22)11-16(17)23/h7-8,11-12H,3-6,9-10,13H2,1-2H3,(H2,24,25). The van der Waals surface area contributed by atoms with Gasteiger partial charge in [0.05, 0.1) is 26.2 Å². The average molecular weight is 469 g/mol. The van der Waals surface area contributed by atoms with Crippen LogP contribution in [0.2, 0.25) is 10.0 Å². The Balaban J connectivity index is 1.62. The van der Waals surface area contributed by atoms with Gasteiger partial charge in [0.1, 0.15) is 17.9 Å². The third kappa shape index (κ3) is 5.32. The fourth-order valence-corrected chi connectivity index (χ4v) is 5.21. The molecule has 0 saturated carbocycles. The van der Waals surface area contributed by atoms with Crippen molar-refractivity contribution < 1.29 is 8.95 Å². The van der Waals surface area contributed by atoms with E-state index < -0.39 is 10.8 Å². The van der Waals surface area contributed by atoms with Crippen LogP contribution in [0.15, 0.2) is 29.3 Å². The molecule has 0 spiro atoms. The highest BCUT2D eigenvalue weighted by Gasteiger charge is 2.16. The summed E-state index contributed by atoms with van der Waals surface area (Å²) in [6.07, 6.45) is 4.48. The van der Waals surface area contributed by atoms with Crippen molar-refractivity contribution in [2.75, 3.05) is 18.1 Å². The number of hydrogen-bond donors (Lipinski definition) is 1. The molecule has 9 heteroatoms. The highest BCUT2D eigenvalue weighted by atomic mass is 35.5. The quantitative estimate of drug-likeness (QED) is 0.416. The summed E-state index contributed by atoms with van der Waals surface area (Å²) in [6.45, 7) is 5.81. The molecular weight excluding hydrogens is 443 g/mol. The molecule has 1 unspecified atom stereocenters. The zero-order valence-corrected chi connectivity index (χ0v) is 19.5. The van der Waals surface area contributed by atoms with Gasteiger partial charge in [0.25, 0.3) is 0 Å². The second-order valence-corrected chi connectivity index (χ2v) is 9.41. The van der Waals surface area contributed by atoms with E-state index in [1.807, 2.05) is 13.8 Å². The van der Waals surface area contributed by atoms with Crippen LogP contribution in [0.25, 0.3) is 11.0 Å². The van der Waals surface area contributed by atoms with Crippen LogP contribution in [0.3, 0.4) is 0 Å². The summed E-state index contributed by atoms with van der Waals surface area (Å²) in [5.74, 6) is 1.85. The lowest BCUT2D eigenvalue weighted by Gasteiger charge is -2.11. The van der Waals surface area contributed by atoms with Crippen LogP contribution in [-0.4, -0.2) is 31.1 Å². The van der Waals surface area contributed by atoms with E-state index in [1.165, 1.54) is 0 Å². The number of unbranched alkanes of at least 4 members (excludes halogenated alkanes) is 2. The first-order valence-corrected chi connectivity index (χ1v) is 12.0. The highest BCUT2D eigenvalue weighted by molar-refractivity contribution is 7.85. The molecule has 0 fully saturated rings. The van der Waals surface area contributed by atoms with Crippen LogP contribution in [-0.2, 0) is 28.7 Å². The molecule has 2 heterocycles. The summed E-state index contributed by atoms with van der Waals surface area (Å²) >= 11 is 12.1. The number of anilines is 1. The van der Waals surface area contributed by atoms with Crippen molar-refractivity contribution >= 4 is 50.9 Å². The zero-order chi connectivity index (χ0) is 21.7. The van der Waals surface area contributed by atoms with Crippen LogP contribution in [0.4, 0.5) is 5.82 Å². The molecule has 0 aliphatic rings. The second kappa shape index (κ2) is 10.6. The van der Waals surface area contributed by atoms with Gasteiger partial charge in [-0.05, 0) is 50.5 Å². The van der Waals surface area contributed by atoms with E-state index in [4.69, 9.17) is 33.7 Å². The van der Waals surface area contributed by atoms with Crippen molar-refractivity contribution in [1.82, 2.24) is 14.5 Å². The van der Waals surface area contributed by atoms with Gasteiger partial charge in [0.2, 0.25) is 0 Å². The van der Waals surface area contributed by atoms with Gasteiger partial charge >= 0.3 is 0 Å². The van der Waals surface area contributed by atoms with E-state index in [0.717, 1.165) is 48.2 Å². The summed E-state index contributed by atoms with van der Waals surface area (Å²) in [5.41, 5.74) is 8.81. The van der Waals surface area contributed by atoms with Crippen molar-refractivity contribution in [2.45, 2.75) is 51.2 Å². The number of rotatable bonds is 10. The Morgan fingerprint density at radius 2 is 2.03 bits per heavy atom. The van der Waals surface area contributed by atoms with E-state index in [2.05, 4.69) is 14.5 Å². The Morgan fingerprint density at radius 3 is 2.77 bits per heavy atom. The summed E-state index contributed by atoms with van der Waals surface area (Å²) in [7, 11) is -1.14. The third-order valence-electron chi connectivity index (χ3n) is 4.85. The van der Waals surface area contributed by atoms with Crippen molar-refractivity contribution in [1.29, 1.82) is 0 Å². The van der Waals surface area contributed by atoms with Crippen molar-refractivity contribution in [3.63, 3.8) is 0 Å². The number of nitrogen functional groups attached to an aromatic ring is 1. The molecule has 0 aliphatic carbocycles. The summed E-state index contributed by atoms with van der Waals surface area (Å²) in [6, 6.07) is 5.08. The van der Waals surface area contributed by atoms with E-state index in [-0.39, 0.29) is 0 Å². The minimum atomic E-state index is -1.14. The number of benzene rings is 1. The predicted molar refractivity (Wildman–Crippen MR) is 124 cm³/mol. The minimum Gasteiger partial charge on any atom is -0.382 e. The number of nitrogens with zero attached hydrogens (tertiary/aromatic N) is 3. The molecule has 2 aromatic heterocycles. The molecule has 0 saturated heterocycles. The van der Waals surface area contributed by atoms with Crippen LogP contribution < -0.4 is 5.73 Å². The molecule has 30 heavy (non-hydrogen) atoms. The summed E-state index contributed by atoms with van der Waals surface area (Å²) in [5, 5.41) is 0.996. The lowest BCUT2D eigenvalue weighted by molar-refractivity contribution is 0.126. The molecule has 0 radical (unpaired) electrons. The molecule has 3 aromatic rings. The zero-order valence-electron chi connectivity index (χ0n) is 17.2. The normalized spacial score (nSPS) is 12.5. The molecular formula is C21H26Cl2N4O2S. The first kappa shape index (κ1) is 23.0. The lowest BCUT2D eigenvalue weighted by atomic mass is 10.2. The van der Waals surface area contributed by atoms with Crippen molar-refractivity contribution in [2.24, 2.45) is 0 Å². The minimum absolute atomic E-state index is 0.433. The van der Waals surface area contributed by atoms with Gasteiger partial charge in [-0.2, -0.15) is 0 Å². The SMILES string of the molecule is CCOCc1nc2c(N)ncc(C)c2n1CCCCCS(=O)c1ccc(Cl)cc1Cl. The molecule has 2 N–H and O–H groups in total. The Morgan fingerprint density at radius 1 is 1.23 bits per heavy atom. The van der Waals surface area contributed by atoms with Gasteiger partial charge in [-0.3, -0.25) is 4.21 Å². The molecule has 1 atom stereocenters. The van der Waals surface area contributed by atoms with Gasteiger partial charge in [-0.1, -0.05) is 29.6 Å². The molecule has 3 rings (SSSR count). The van der Waals surface area contributed by atoms with Crippen LogP contribution in [0.1, 0.15) is 37.6 Å². The van der Waals surface area contributed by atoms with Gasteiger partial charge < -0.3 is 15.0 Å². The number of aryl methyl sites for hydroxylation is 2. The fourth-order valence-electron chi connectivity index (χ4n) is 3.36. The van der Waals surface area contributed by atoms with Crippen molar-refractivity contribution in [3.8, 4) is 0 Å². The number of halogens is 2. The number of aromatic nitrogens is 3. The monoisotopic (exact) mass is 468 g/mol. The smallest absolute Gasteiger partial charge is 0.151 e. The first-order chi connectivity index (χ1) is 14.4. The van der Waals surface area contributed by atoms with E-state index in [0.29, 0.717) is 39.7 Å². The number of ether oxygens (including phenoxy) is 1. The Kier molecular flexibility index (Phi) is 8.11. The largest absolute Gasteiger partial charge is 0.382 e.